The van der Waals surface area contributed by atoms with Crippen molar-refractivity contribution in [1.29, 1.82) is 0 Å². The van der Waals surface area contributed by atoms with Crippen molar-refractivity contribution in [1.82, 2.24) is 10.2 Å². The fraction of sp³-hybridized carbons (Fsp3) is 0.929. The Hall–Kier alpha value is -0.810. The number of carbonyl (C=O) groups excluding carboxylic acids is 1. The molecule has 0 radical (unpaired) electrons. The first-order valence-electron chi connectivity index (χ1n) is 7.34. The number of nitrogens with one attached hydrogen (secondary N) is 1. The summed E-state index contributed by atoms with van der Waals surface area (Å²) in [6, 6.07) is 0.108. The second-order valence-corrected chi connectivity index (χ2v) is 6.11. The van der Waals surface area contributed by atoms with Gasteiger partial charge in [0.05, 0.1) is 11.7 Å². The first-order chi connectivity index (χ1) is 9.01. The van der Waals surface area contributed by atoms with Gasteiger partial charge in [0.2, 0.25) is 0 Å². The van der Waals surface area contributed by atoms with Crippen molar-refractivity contribution in [3.8, 4) is 0 Å². The molecule has 110 valence electrons. The van der Waals surface area contributed by atoms with E-state index in [1.807, 2.05) is 0 Å². The fourth-order valence-corrected chi connectivity index (χ4v) is 3.28. The summed E-state index contributed by atoms with van der Waals surface area (Å²) in [5, 5.41) is 12.4. The van der Waals surface area contributed by atoms with Gasteiger partial charge in [0, 0.05) is 26.2 Å². The third-order valence-electron chi connectivity index (χ3n) is 4.22. The lowest BCUT2D eigenvalue weighted by atomic mass is 9.89. The van der Waals surface area contributed by atoms with E-state index in [1.165, 1.54) is 12.8 Å². The Morgan fingerprint density at radius 3 is 2.84 bits per heavy atom. The van der Waals surface area contributed by atoms with E-state index < -0.39 is 6.10 Å². The predicted molar refractivity (Wildman–Crippen MR) is 73.0 cm³/mol. The minimum Gasteiger partial charge on any atom is -0.392 e. The Labute approximate surface area is 115 Å². The molecule has 2 N–H and O–H groups in total. The summed E-state index contributed by atoms with van der Waals surface area (Å²) in [5.41, 5.74) is 0.0268. The molecule has 2 atom stereocenters. The lowest BCUT2D eigenvalue weighted by Crippen LogP contribution is -2.51. The number of nitrogens with zero attached hydrogens (tertiary/aromatic N) is 1. The number of likely N-dealkylation sites (N-methyl/N-ethyl adjacent to an activating group) is 1. The van der Waals surface area contributed by atoms with Crippen molar-refractivity contribution >= 4 is 6.03 Å². The van der Waals surface area contributed by atoms with E-state index in [0.717, 1.165) is 32.3 Å². The zero-order chi connectivity index (χ0) is 13.9. The summed E-state index contributed by atoms with van der Waals surface area (Å²) in [7, 11) is 1.71. The van der Waals surface area contributed by atoms with Crippen molar-refractivity contribution in [3.05, 3.63) is 0 Å². The normalized spacial score (nSPS) is 27.2. The van der Waals surface area contributed by atoms with Gasteiger partial charge < -0.3 is 20.1 Å². The second kappa shape index (κ2) is 6.09. The quantitative estimate of drug-likeness (QED) is 0.817. The molecular weight excluding hydrogens is 244 g/mol. The molecule has 2 unspecified atom stereocenters. The van der Waals surface area contributed by atoms with E-state index in [4.69, 9.17) is 4.74 Å². The molecule has 2 aliphatic rings. The van der Waals surface area contributed by atoms with E-state index in [2.05, 4.69) is 5.32 Å². The van der Waals surface area contributed by atoms with Crippen LogP contribution in [0.15, 0.2) is 0 Å². The van der Waals surface area contributed by atoms with Crippen molar-refractivity contribution in [3.63, 3.8) is 0 Å². The highest BCUT2D eigenvalue weighted by molar-refractivity contribution is 5.74. The highest BCUT2D eigenvalue weighted by Gasteiger charge is 2.40. The van der Waals surface area contributed by atoms with Crippen molar-refractivity contribution < 1.29 is 14.6 Å². The molecule has 2 fully saturated rings. The van der Waals surface area contributed by atoms with Crippen molar-refractivity contribution in [2.24, 2.45) is 0 Å². The van der Waals surface area contributed by atoms with E-state index in [0.29, 0.717) is 6.54 Å². The molecule has 1 spiro atoms. The molecule has 1 aliphatic carbocycles. The van der Waals surface area contributed by atoms with Gasteiger partial charge in [-0.05, 0) is 32.6 Å². The first kappa shape index (κ1) is 14.6. The molecule has 5 heteroatoms. The maximum absolute atomic E-state index is 12.0. The Morgan fingerprint density at radius 2 is 2.21 bits per heavy atom. The van der Waals surface area contributed by atoms with Gasteiger partial charge in [-0.25, -0.2) is 4.79 Å². The van der Waals surface area contributed by atoms with Gasteiger partial charge in [0.25, 0.3) is 0 Å². The third-order valence-corrected chi connectivity index (χ3v) is 4.22. The standard InChI is InChI=1S/C14H26N2O3/c1-11(17)10-16(2)13(18)15-12-5-8-19-14(9-12)6-3-4-7-14/h11-12,17H,3-10H2,1-2H3,(H,15,18). The van der Waals surface area contributed by atoms with E-state index in [1.54, 1.807) is 18.9 Å². The van der Waals surface area contributed by atoms with Crippen LogP contribution in [-0.4, -0.2) is 54.0 Å². The Morgan fingerprint density at radius 1 is 1.53 bits per heavy atom. The molecule has 1 heterocycles. The van der Waals surface area contributed by atoms with Gasteiger partial charge >= 0.3 is 6.03 Å². The van der Waals surface area contributed by atoms with Gasteiger partial charge in [-0.2, -0.15) is 0 Å². The fourth-order valence-electron chi connectivity index (χ4n) is 3.28. The summed E-state index contributed by atoms with van der Waals surface area (Å²) in [6.45, 7) is 2.79. The van der Waals surface area contributed by atoms with Gasteiger partial charge in [-0.3, -0.25) is 0 Å². The SMILES string of the molecule is CC(O)CN(C)C(=O)NC1CCOC2(CCCC2)C1. The van der Waals surface area contributed by atoms with Crippen molar-refractivity contribution in [2.45, 2.75) is 63.2 Å². The highest BCUT2D eigenvalue weighted by atomic mass is 16.5. The molecule has 2 rings (SSSR count). The summed E-state index contributed by atoms with van der Waals surface area (Å²) in [5.74, 6) is 0. The number of hydrogen-bond acceptors (Lipinski definition) is 3. The Bertz CT molecular complexity index is 314. The number of ether oxygens (including phenoxy) is 1. The smallest absolute Gasteiger partial charge is 0.317 e. The average molecular weight is 270 g/mol. The van der Waals surface area contributed by atoms with E-state index in [-0.39, 0.29) is 17.7 Å². The molecule has 0 aromatic carbocycles. The van der Waals surface area contributed by atoms with E-state index >= 15 is 0 Å². The van der Waals surface area contributed by atoms with Crippen LogP contribution >= 0.6 is 0 Å². The number of aliphatic hydroxyl groups excluding tert-OH is 1. The molecule has 0 aromatic rings. The average Bonchev–Trinajstić information content (AvgIpc) is 2.76. The Balaban J connectivity index is 1.83. The van der Waals surface area contributed by atoms with Crippen LogP contribution in [0.5, 0.6) is 0 Å². The van der Waals surface area contributed by atoms with Crippen LogP contribution < -0.4 is 5.32 Å². The molecule has 2 amide bonds. The zero-order valence-corrected chi connectivity index (χ0v) is 12.0. The summed E-state index contributed by atoms with van der Waals surface area (Å²) < 4.78 is 5.96. The van der Waals surface area contributed by atoms with Crippen molar-refractivity contribution in [2.75, 3.05) is 20.2 Å². The molecule has 0 aromatic heterocycles. The lowest BCUT2D eigenvalue weighted by molar-refractivity contribution is -0.0823. The Kier molecular flexibility index (Phi) is 4.68. The number of urea groups is 1. The second-order valence-electron chi connectivity index (χ2n) is 6.11. The molecule has 0 bridgehead atoms. The van der Waals surface area contributed by atoms with Gasteiger partial charge in [0.15, 0.2) is 0 Å². The maximum atomic E-state index is 12.0. The lowest BCUT2D eigenvalue weighted by Gasteiger charge is -2.39. The van der Waals surface area contributed by atoms with Crippen LogP contribution in [0.3, 0.4) is 0 Å². The number of aliphatic hydroxyl groups is 1. The van der Waals surface area contributed by atoms with Crippen LogP contribution in [0.2, 0.25) is 0 Å². The number of rotatable bonds is 3. The number of hydrogen-bond donors (Lipinski definition) is 2. The highest BCUT2D eigenvalue weighted by Crippen LogP contribution is 2.39. The topological polar surface area (TPSA) is 61.8 Å². The van der Waals surface area contributed by atoms with E-state index in [9.17, 15) is 9.90 Å². The molecular formula is C14H26N2O3. The third kappa shape index (κ3) is 3.83. The van der Waals surface area contributed by atoms with Gasteiger partial charge in [-0.15, -0.1) is 0 Å². The van der Waals surface area contributed by atoms with Gasteiger partial charge in [-0.1, -0.05) is 12.8 Å². The van der Waals surface area contributed by atoms with Crippen LogP contribution in [-0.2, 0) is 4.74 Å². The molecule has 1 saturated heterocycles. The monoisotopic (exact) mass is 270 g/mol. The largest absolute Gasteiger partial charge is 0.392 e. The number of carbonyl (C=O) groups is 1. The van der Waals surface area contributed by atoms with Gasteiger partial charge in [0.1, 0.15) is 0 Å². The first-order valence-corrected chi connectivity index (χ1v) is 7.34. The van der Waals surface area contributed by atoms with Crippen LogP contribution in [0.4, 0.5) is 4.79 Å². The summed E-state index contributed by atoms with van der Waals surface area (Å²) >= 11 is 0. The molecule has 1 saturated carbocycles. The molecule has 5 nitrogen and oxygen atoms in total. The minimum atomic E-state index is -0.494. The molecule has 1 aliphatic heterocycles. The molecule has 19 heavy (non-hydrogen) atoms. The maximum Gasteiger partial charge on any atom is 0.317 e. The predicted octanol–water partition coefficient (Wildman–Crippen LogP) is 1.50. The van der Waals surface area contributed by atoms with Crippen LogP contribution in [0, 0.1) is 0 Å². The summed E-state index contributed by atoms with van der Waals surface area (Å²) in [6.07, 6.45) is 6.06. The zero-order valence-electron chi connectivity index (χ0n) is 12.0. The van der Waals surface area contributed by atoms with Crippen LogP contribution in [0.25, 0.3) is 0 Å². The summed E-state index contributed by atoms with van der Waals surface area (Å²) in [4.78, 5) is 13.6. The van der Waals surface area contributed by atoms with Crippen LogP contribution in [0.1, 0.15) is 45.4 Å². The minimum absolute atomic E-state index is 0.0268. The number of amides is 2.